The summed E-state index contributed by atoms with van der Waals surface area (Å²) in [6.45, 7) is 1.73. The van der Waals surface area contributed by atoms with Crippen LogP contribution in [0.25, 0.3) is 0 Å². The molecule has 15 heavy (non-hydrogen) atoms. The van der Waals surface area contributed by atoms with Crippen molar-refractivity contribution in [3.8, 4) is 5.75 Å². The van der Waals surface area contributed by atoms with Gasteiger partial charge in [0.05, 0.1) is 13.5 Å². The molecule has 0 aliphatic rings. The van der Waals surface area contributed by atoms with Gasteiger partial charge in [-0.15, -0.1) is 0 Å². The molecule has 0 bridgehead atoms. The van der Waals surface area contributed by atoms with Crippen molar-refractivity contribution in [3.05, 3.63) is 29.6 Å². The maximum atomic E-state index is 13.0. The van der Waals surface area contributed by atoms with Crippen molar-refractivity contribution >= 4 is 5.97 Å². The zero-order valence-corrected chi connectivity index (χ0v) is 8.66. The van der Waals surface area contributed by atoms with Gasteiger partial charge in [0.1, 0.15) is 11.6 Å². The average Bonchev–Trinajstić information content (AvgIpc) is 2.16. The van der Waals surface area contributed by atoms with Crippen molar-refractivity contribution in [1.29, 1.82) is 0 Å². The Morgan fingerprint density at radius 1 is 1.60 bits per heavy atom. The normalized spacial score (nSPS) is 12.2. The minimum atomic E-state index is -0.909. The molecule has 0 radical (unpaired) electrons. The zero-order chi connectivity index (χ0) is 11.4. The van der Waals surface area contributed by atoms with Crippen LogP contribution in [0.15, 0.2) is 18.2 Å². The first kappa shape index (κ1) is 11.5. The third-order valence-corrected chi connectivity index (χ3v) is 2.20. The molecule has 0 unspecified atom stereocenters. The predicted molar refractivity (Wildman–Crippen MR) is 53.6 cm³/mol. The second-order valence-electron chi connectivity index (χ2n) is 3.39. The van der Waals surface area contributed by atoms with Gasteiger partial charge in [-0.3, -0.25) is 4.79 Å². The van der Waals surface area contributed by atoms with Crippen molar-refractivity contribution in [2.75, 3.05) is 7.11 Å². The number of aliphatic carboxylic acids is 1. The maximum Gasteiger partial charge on any atom is 0.303 e. The highest BCUT2D eigenvalue weighted by Gasteiger charge is 2.15. The van der Waals surface area contributed by atoms with E-state index in [0.717, 1.165) is 0 Å². The van der Waals surface area contributed by atoms with E-state index in [1.165, 1.54) is 25.3 Å². The molecule has 82 valence electrons. The van der Waals surface area contributed by atoms with Crippen molar-refractivity contribution in [3.63, 3.8) is 0 Å². The number of hydrogen-bond donors (Lipinski definition) is 1. The standard InChI is InChI=1S/C11H13FO3/c1-7(5-11(13)14)9-6-8(12)3-4-10(9)15-2/h3-4,6-7H,5H2,1-2H3,(H,13,14)/t7-/m1/s1. The lowest BCUT2D eigenvalue weighted by atomic mass is 9.97. The van der Waals surface area contributed by atoms with E-state index in [9.17, 15) is 9.18 Å². The summed E-state index contributed by atoms with van der Waals surface area (Å²) in [5, 5.41) is 8.64. The molecule has 1 aromatic rings. The van der Waals surface area contributed by atoms with Crippen LogP contribution in [-0.4, -0.2) is 18.2 Å². The summed E-state index contributed by atoms with van der Waals surface area (Å²) in [5.74, 6) is -1.05. The third kappa shape index (κ3) is 2.94. The fourth-order valence-electron chi connectivity index (χ4n) is 1.46. The highest BCUT2D eigenvalue weighted by Crippen LogP contribution is 2.29. The van der Waals surface area contributed by atoms with Crippen molar-refractivity contribution in [1.82, 2.24) is 0 Å². The molecular weight excluding hydrogens is 199 g/mol. The van der Waals surface area contributed by atoms with Gasteiger partial charge in [-0.1, -0.05) is 6.92 Å². The number of carboxylic acid groups (broad SMARTS) is 1. The number of hydrogen-bond acceptors (Lipinski definition) is 2. The topological polar surface area (TPSA) is 46.5 Å². The molecule has 0 amide bonds. The molecular formula is C11H13FO3. The summed E-state index contributed by atoms with van der Waals surface area (Å²) in [6.07, 6.45) is -0.0419. The van der Waals surface area contributed by atoms with Gasteiger partial charge in [-0.25, -0.2) is 4.39 Å². The van der Waals surface area contributed by atoms with E-state index in [0.29, 0.717) is 11.3 Å². The van der Waals surface area contributed by atoms with Gasteiger partial charge >= 0.3 is 5.97 Å². The molecule has 0 heterocycles. The van der Waals surface area contributed by atoms with Gasteiger partial charge in [0, 0.05) is 5.56 Å². The molecule has 0 saturated heterocycles. The lowest BCUT2D eigenvalue weighted by Gasteiger charge is -2.13. The van der Waals surface area contributed by atoms with E-state index in [1.807, 2.05) is 0 Å². The Hall–Kier alpha value is -1.58. The van der Waals surface area contributed by atoms with Gasteiger partial charge in [-0.05, 0) is 24.1 Å². The average molecular weight is 212 g/mol. The number of rotatable bonds is 4. The highest BCUT2D eigenvalue weighted by molar-refractivity contribution is 5.68. The van der Waals surface area contributed by atoms with Crippen LogP contribution in [0, 0.1) is 5.82 Å². The molecule has 0 aliphatic carbocycles. The molecule has 4 heteroatoms. The van der Waals surface area contributed by atoms with Crippen LogP contribution in [0.5, 0.6) is 5.75 Å². The Bertz CT molecular complexity index is 363. The molecule has 0 saturated carbocycles. The quantitative estimate of drug-likeness (QED) is 0.833. The van der Waals surface area contributed by atoms with Crippen LogP contribution < -0.4 is 4.74 Å². The van der Waals surface area contributed by atoms with E-state index in [2.05, 4.69) is 0 Å². The van der Waals surface area contributed by atoms with Gasteiger partial charge in [0.2, 0.25) is 0 Å². The SMILES string of the molecule is COc1ccc(F)cc1[C@H](C)CC(=O)O. The van der Waals surface area contributed by atoms with Gasteiger partial charge in [0.15, 0.2) is 0 Å². The number of halogens is 1. The maximum absolute atomic E-state index is 13.0. The molecule has 0 aliphatic heterocycles. The van der Waals surface area contributed by atoms with Crippen LogP contribution >= 0.6 is 0 Å². The molecule has 0 spiro atoms. The molecule has 3 nitrogen and oxygen atoms in total. The van der Waals surface area contributed by atoms with Crippen LogP contribution in [0.4, 0.5) is 4.39 Å². The lowest BCUT2D eigenvalue weighted by Crippen LogP contribution is -2.05. The fraction of sp³-hybridized carbons (Fsp3) is 0.364. The predicted octanol–water partition coefficient (Wildman–Crippen LogP) is 2.41. The van der Waals surface area contributed by atoms with E-state index >= 15 is 0 Å². The van der Waals surface area contributed by atoms with Gasteiger partial charge < -0.3 is 9.84 Å². The molecule has 1 N–H and O–H groups in total. The van der Waals surface area contributed by atoms with Crippen molar-refractivity contribution in [2.24, 2.45) is 0 Å². The highest BCUT2D eigenvalue weighted by atomic mass is 19.1. The van der Waals surface area contributed by atoms with Crippen LogP contribution in [0.1, 0.15) is 24.8 Å². The smallest absolute Gasteiger partial charge is 0.303 e. The van der Waals surface area contributed by atoms with Crippen molar-refractivity contribution in [2.45, 2.75) is 19.3 Å². The van der Waals surface area contributed by atoms with Gasteiger partial charge in [-0.2, -0.15) is 0 Å². The lowest BCUT2D eigenvalue weighted by molar-refractivity contribution is -0.137. The Balaban J connectivity index is 2.99. The second-order valence-corrected chi connectivity index (χ2v) is 3.39. The molecule has 1 atom stereocenters. The minimum absolute atomic E-state index is 0.0419. The van der Waals surface area contributed by atoms with E-state index in [-0.39, 0.29) is 18.2 Å². The molecule has 0 aromatic heterocycles. The van der Waals surface area contributed by atoms with E-state index in [1.54, 1.807) is 6.92 Å². The number of benzene rings is 1. The summed E-state index contributed by atoms with van der Waals surface area (Å²) < 4.78 is 18.0. The number of carboxylic acids is 1. The van der Waals surface area contributed by atoms with Gasteiger partial charge in [0.25, 0.3) is 0 Å². The Morgan fingerprint density at radius 2 is 2.27 bits per heavy atom. The van der Waals surface area contributed by atoms with Crippen LogP contribution in [-0.2, 0) is 4.79 Å². The molecule has 1 rings (SSSR count). The number of carbonyl (C=O) groups is 1. The fourth-order valence-corrected chi connectivity index (χ4v) is 1.46. The first-order chi connectivity index (χ1) is 7.04. The van der Waals surface area contributed by atoms with E-state index in [4.69, 9.17) is 9.84 Å². The summed E-state index contributed by atoms with van der Waals surface area (Å²) in [5.41, 5.74) is 0.583. The number of ether oxygens (including phenoxy) is 1. The monoisotopic (exact) mass is 212 g/mol. The van der Waals surface area contributed by atoms with E-state index < -0.39 is 5.97 Å². The minimum Gasteiger partial charge on any atom is -0.496 e. The van der Waals surface area contributed by atoms with Crippen LogP contribution in [0.2, 0.25) is 0 Å². The van der Waals surface area contributed by atoms with Crippen molar-refractivity contribution < 1.29 is 19.0 Å². The summed E-state index contributed by atoms with van der Waals surface area (Å²) in [6, 6.07) is 4.10. The summed E-state index contributed by atoms with van der Waals surface area (Å²) >= 11 is 0. The zero-order valence-electron chi connectivity index (χ0n) is 8.66. The Labute approximate surface area is 87.5 Å². The largest absolute Gasteiger partial charge is 0.496 e. The Kier molecular flexibility index (Phi) is 3.66. The second kappa shape index (κ2) is 4.77. The van der Waals surface area contributed by atoms with Crippen LogP contribution in [0.3, 0.4) is 0 Å². The molecule has 1 aromatic carbocycles. The third-order valence-electron chi connectivity index (χ3n) is 2.20. The summed E-state index contributed by atoms with van der Waals surface area (Å²) in [7, 11) is 1.48. The first-order valence-corrected chi connectivity index (χ1v) is 4.59. The first-order valence-electron chi connectivity index (χ1n) is 4.59. The summed E-state index contributed by atoms with van der Waals surface area (Å²) in [4.78, 5) is 10.5. The molecule has 0 fully saturated rings. The Morgan fingerprint density at radius 3 is 2.80 bits per heavy atom. The number of methoxy groups -OCH3 is 1.